The third-order valence-corrected chi connectivity index (χ3v) is 3.63. The molecule has 2 nitrogen and oxygen atoms in total. The van der Waals surface area contributed by atoms with Gasteiger partial charge in [-0.1, -0.05) is 6.42 Å². The van der Waals surface area contributed by atoms with Gasteiger partial charge in [0.05, 0.1) is 6.61 Å². The average Bonchev–Trinajstić information content (AvgIpc) is 2.16. The van der Waals surface area contributed by atoms with Gasteiger partial charge >= 0.3 is 0 Å². The molecule has 0 aromatic heterocycles. The van der Waals surface area contributed by atoms with Gasteiger partial charge < -0.3 is 10.0 Å². The van der Waals surface area contributed by atoms with Gasteiger partial charge in [0, 0.05) is 25.2 Å². The van der Waals surface area contributed by atoms with Crippen LogP contribution in [0.1, 0.15) is 24.8 Å². The van der Waals surface area contributed by atoms with Crippen molar-refractivity contribution < 1.29 is 9.50 Å². The molecular formula is C13H18FNO. The normalized spacial score (nSPS) is 18.0. The highest BCUT2D eigenvalue weighted by molar-refractivity contribution is 5.57. The van der Waals surface area contributed by atoms with Gasteiger partial charge in [-0.3, -0.25) is 0 Å². The lowest BCUT2D eigenvalue weighted by Crippen LogP contribution is -2.39. The Balaban J connectivity index is 2.48. The second-order valence-electron chi connectivity index (χ2n) is 4.85. The molecule has 0 unspecified atom stereocenters. The predicted octanol–water partition coefficient (Wildman–Crippen LogP) is 2.31. The summed E-state index contributed by atoms with van der Waals surface area (Å²) in [6, 6.07) is 4.84. The predicted molar refractivity (Wildman–Crippen MR) is 63.3 cm³/mol. The molecule has 1 saturated carbocycles. The summed E-state index contributed by atoms with van der Waals surface area (Å²) in [5.41, 5.74) is 1.75. The summed E-state index contributed by atoms with van der Waals surface area (Å²) in [5.74, 6) is -0.222. The number of hydrogen-bond donors (Lipinski definition) is 1. The van der Waals surface area contributed by atoms with Crippen LogP contribution in [0.15, 0.2) is 18.2 Å². The van der Waals surface area contributed by atoms with Gasteiger partial charge in [0.1, 0.15) is 5.82 Å². The Hall–Kier alpha value is -1.09. The van der Waals surface area contributed by atoms with E-state index in [1.54, 1.807) is 12.1 Å². The zero-order valence-electron chi connectivity index (χ0n) is 9.83. The molecule has 1 aliphatic rings. The summed E-state index contributed by atoms with van der Waals surface area (Å²) in [4.78, 5) is 1.98. The number of aliphatic hydroxyl groups excluding tert-OH is 1. The number of benzene rings is 1. The lowest BCUT2D eigenvalue weighted by Gasteiger charge is -2.42. The van der Waals surface area contributed by atoms with E-state index in [4.69, 9.17) is 0 Å². The molecule has 0 atom stereocenters. The number of aliphatic hydroxyl groups is 1. The highest BCUT2D eigenvalue weighted by Gasteiger charge is 2.40. The van der Waals surface area contributed by atoms with E-state index >= 15 is 0 Å². The molecular weight excluding hydrogens is 205 g/mol. The number of nitrogens with zero attached hydrogens (tertiary/aromatic N) is 1. The molecule has 16 heavy (non-hydrogen) atoms. The standard InChI is InChI=1S/C13H18FNO/c1-15(2)12-5-4-10(14)8-11(12)13(9-16)6-3-7-13/h4-5,8,16H,3,6-7,9H2,1-2H3. The van der Waals surface area contributed by atoms with Crippen molar-refractivity contribution in [3.63, 3.8) is 0 Å². The van der Waals surface area contributed by atoms with Gasteiger partial charge in [-0.15, -0.1) is 0 Å². The number of anilines is 1. The molecule has 1 aromatic carbocycles. The van der Waals surface area contributed by atoms with Crippen molar-refractivity contribution in [2.75, 3.05) is 25.6 Å². The van der Waals surface area contributed by atoms with E-state index in [-0.39, 0.29) is 17.8 Å². The van der Waals surface area contributed by atoms with Crippen molar-refractivity contribution in [3.8, 4) is 0 Å². The molecule has 3 heteroatoms. The largest absolute Gasteiger partial charge is 0.395 e. The molecule has 2 rings (SSSR count). The van der Waals surface area contributed by atoms with Crippen molar-refractivity contribution in [3.05, 3.63) is 29.6 Å². The van der Waals surface area contributed by atoms with E-state index in [9.17, 15) is 9.50 Å². The maximum atomic E-state index is 13.3. The molecule has 0 spiro atoms. The minimum absolute atomic E-state index is 0.108. The summed E-state index contributed by atoms with van der Waals surface area (Å²) in [6.07, 6.45) is 3.02. The third kappa shape index (κ3) is 1.69. The Bertz CT molecular complexity index is 380. The van der Waals surface area contributed by atoms with Gasteiger partial charge in [0.25, 0.3) is 0 Å². The summed E-state index contributed by atoms with van der Waals surface area (Å²) in [5, 5.41) is 9.55. The van der Waals surface area contributed by atoms with Crippen LogP contribution in [-0.2, 0) is 5.41 Å². The van der Waals surface area contributed by atoms with Crippen LogP contribution in [0.5, 0.6) is 0 Å². The summed E-state index contributed by atoms with van der Waals surface area (Å²) < 4.78 is 13.3. The first kappa shape index (κ1) is 11.4. The van der Waals surface area contributed by atoms with Crippen LogP contribution in [0.2, 0.25) is 0 Å². The monoisotopic (exact) mass is 223 g/mol. The summed E-state index contributed by atoms with van der Waals surface area (Å²) in [7, 11) is 3.89. The van der Waals surface area contributed by atoms with Crippen LogP contribution in [0, 0.1) is 5.82 Å². The number of rotatable bonds is 3. The van der Waals surface area contributed by atoms with E-state index in [0.29, 0.717) is 0 Å². The molecule has 0 heterocycles. The fraction of sp³-hybridized carbons (Fsp3) is 0.538. The minimum atomic E-state index is -0.222. The quantitative estimate of drug-likeness (QED) is 0.850. The Morgan fingerprint density at radius 2 is 2.06 bits per heavy atom. The molecule has 0 amide bonds. The Morgan fingerprint density at radius 1 is 1.38 bits per heavy atom. The van der Waals surface area contributed by atoms with Crippen molar-refractivity contribution in [2.45, 2.75) is 24.7 Å². The van der Waals surface area contributed by atoms with Crippen LogP contribution in [0.4, 0.5) is 10.1 Å². The maximum Gasteiger partial charge on any atom is 0.123 e. The van der Waals surface area contributed by atoms with Crippen molar-refractivity contribution >= 4 is 5.69 Å². The van der Waals surface area contributed by atoms with Gasteiger partial charge in [0.2, 0.25) is 0 Å². The van der Waals surface area contributed by atoms with Crippen LogP contribution in [0.25, 0.3) is 0 Å². The van der Waals surface area contributed by atoms with Crippen molar-refractivity contribution in [1.29, 1.82) is 0 Å². The molecule has 88 valence electrons. The summed E-state index contributed by atoms with van der Waals surface area (Å²) >= 11 is 0. The smallest absolute Gasteiger partial charge is 0.123 e. The van der Waals surface area contributed by atoms with Gasteiger partial charge in [-0.2, -0.15) is 0 Å². The first-order valence-electron chi connectivity index (χ1n) is 5.67. The van der Waals surface area contributed by atoms with E-state index in [1.807, 2.05) is 19.0 Å². The van der Waals surface area contributed by atoms with Crippen LogP contribution < -0.4 is 4.90 Å². The summed E-state index contributed by atoms with van der Waals surface area (Å²) in [6.45, 7) is 0.108. The van der Waals surface area contributed by atoms with E-state index in [2.05, 4.69) is 0 Å². The Morgan fingerprint density at radius 3 is 2.50 bits per heavy atom. The molecule has 1 aliphatic carbocycles. The highest BCUT2D eigenvalue weighted by atomic mass is 19.1. The molecule has 0 saturated heterocycles. The van der Waals surface area contributed by atoms with E-state index < -0.39 is 0 Å². The molecule has 1 fully saturated rings. The fourth-order valence-corrected chi connectivity index (χ4v) is 2.44. The first-order chi connectivity index (χ1) is 7.59. The molecule has 0 bridgehead atoms. The lowest BCUT2D eigenvalue weighted by atomic mass is 9.64. The molecule has 1 N–H and O–H groups in total. The molecule has 0 radical (unpaired) electrons. The molecule has 1 aromatic rings. The van der Waals surface area contributed by atoms with Gasteiger partial charge in [-0.05, 0) is 36.6 Å². The van der Waals surface area contributed by atoms with Crippen LogP contribution >= 0.6 is 0 Å². The number of hydrogen-bond acceptors (Lipinski definition) is 2. The molecule has 0 aliphatic heterocycles. The van der Waals surface area contributed by atoms with Gasteiger partial charge in [0.15, 0.2) is 0 Å². The van der Waals surface area contributed by atoms with Crippen LogP contribution in [-0.4, -0.2) is 25.8 Å². The third-order valence-electron chi connectivity index (χ3n) is 3.63. The zero-order chi connectivity index (χ0) is 11.8. The highest BCUT2D eigenvalue weighted by Crippen LogP contribution is 2.46. The van der Waals surface area contributed by atoms with Crippen molar-refractivity contribution in [2.24, 2.45) is 0 Å². The Kier molecular flexibility index (Phi) is 2.89. The zero-order valence-corrected chi connectivity index (χ0v) is 9.83. The first-order valence-corrected chi connectivity index (χ1v) is 5.67. The fourth-order valence-electron chi connectivity index (χ4n) is 2.44. The number of halogens is 1. The SMILES string of the molecule is CN(C)c1ccc(F)cc1C1(CO)CCC1. The second kappa shape index (κ2) is 4.06. The van der Waals surface area contributed by atoms with Crippen molar-refractivity contribution in [1.82, 2.24) is 0 Å². The van der Waals surface area contributed by atoms with Gasteiger partial charge in [-0.25, -0.2) is 4.39 Å². The maximum absolute atomic E-state index is 13.3. The second-order valence-corrected chi connectivity index (χ2v) is 4.85. The van der Waals surface area contributed by atoms with Crippen LogP contribution in [0.3, 0.4) is 0 Å². The topological polar surface area (TPSA) is 23.5 Å². The minimum Gasteiger partial charge on any atom is -0.395 e. The Labute approximate surface area is 95.7 Å². The van der Waals surface area contributed by atoms with E-state index in [0.717, 1.165) is 30.5 Å². The average molecular weight is 223 g/mol. The van der Waals surface area contributed by atoms with E-state index in [1.165, 1.54) is 6.07 Å². The lowest BCUT2D eigenvalue weighted by molar-refractivity contribution is 0.120.